The number of fused-ring (bicyclic) bond motifs is 1. The van der Waals surface area contributed by atoms with Crippen molar-refractivity contribution in [2.24, 2.45) is 31.4 Å². The molecule has 0 aromatic heterocycles. The number of nitrogens with two attached hydrogens (primary N) is 2. The Morgan fingerprint density at radius 2 is 2.31 bits per heavy atom. The summed E-state index contributed by atoms with van der Waals surface area (Å²) in [6, 6.07) is 0. The van der Waals surface area contributed by atoms with Gasteiger partial charge in [0.2, 0.25) is 5.96 Å². The lowest BCUT2D eigenvalue weighted by Crippen LogP contribution is -2.53. The van der Waals surface area contributed by atoms with E-state index in [1.807, 2.05) is 0 Å². The predicted molar refractivity (Wildman–Crippen MR) is 48.9 cm³/mol. The third kappa shape index (κ3) is 1.05. The highest BCUT2D eigenvalue weighted by molar-refractivity contribution is 6.50. The number of hydrogen-bond acceptors (Lipinski definition) is 7. The Morgan fingerprint density at radius 3 is 3.00 bits per heavy atom. The van der Waals surface area contributed by atoms with Crippen LogP contribution >= 0.6 is 0 Å². The van der Waals surface area contributed by atoms with E-state index in [4.69, 9.17) is 16.2 Å². The molecule has 0 amide bonds. The zero-order chi connectivity index (χ0) is 9.47. The second kappa shape index (κ2) is 2.44. The minimum Gasteiger partial charge on any atom is -0.368 e. The molecule has 0 aromatic carbocycles. The topological polar surface area (TPSA) is 111 Å². The molecule has 2 aliphatic rings. The number of aliphatic imine (C=N–C) groups is 4. The highest BCUT2D eigenvalue weighted by Crippen LogP contribution is 2.16. The van der Waals surface area contributed by atoms with E-state index < -0.39 is 5.85 Å². The Labute approximate surface area is 73.9 Å². The third-order valence-electron chi connectivity index (χ3n) is 1.73. The van der Waals surface area contributed by atoms with Gasteiger partial charge in [-0.3, -0.25) is 5.73 Å². The van der Waals surface area contributed by atoms with Gasteiger partial charge < -0.3 is 10.5 Å². The lowest BCUT2D eigenvalue weighted by molar-refractivity contribution is 0.0649. The first kappa shape index (κ1) is 8.02. The molecule has 0 aromatic rings. The van der Waals surface area contributed by atoms with Crippen molar-refractivity contribution in [3.8, 4) is 0 Å². The lowest BCUT2D eigenvalue weighted by Gasteiger charge is -2.25. The molecule has 0 saturated carbocycles. The summed E-state index contributed by atoms with van der Waals surface area (Å²) in [7, 11) is 1.42. The summed E-state index contributed by atoms with van der Waals surface area (Å²) < 4.78 is 4.98. The van der Waals surface area contributed by atoms with Crippen LogP contribution in [0, 0.1) is 0 Å². The second-order valence-corrected chi connectivity index (χ2v) is 2.53. The number of hydrogen-bond donors (Lipinski definition) is 2. The molecule has 7 heteroatoms. The van der Waals surface area contributed by atoms with Gasteiger partial charge in [-0.1, -0.05) is 0 Å². The van der Waals surface area contributed by atoms with Gasteiger partial charge in [0.15, 0.2) is 11.5 Å². The maximum Gasteiger partial charge on any atom is 0.265 e. The van der Waals surface area contributed by atoms with Crippen molar-refractivity contribution in [2.75, 3.05) is 7.11 Å². The van der Waals surface area contributed by atoms with Crippen molar-refractivity contribution in [3.05, 3.63) is 0 Å². The highest BCUT2D eigenvalue weighted by atomic mass is 16.5. The minimum absolute atomic E-state index is 0.0392. The maximum absolute atomic E-state index is 5.75. The van der Waals surface area contributed by atoms with E-state index in [9.17, 15) is 0 Å². The van der Waals surface area contributed by atoms with E-state index in [0.717, 1.165) is 0 Å². The van der Waals surface area contributed by atoms with E-state index >= 15 is 0 Å². The average molecular weight is 180 g/mol. The number of rotatable bonds is 1. The fourth-order valence-corrected chi connectivity index (χ4v) is 1.09. The molecule has 1 unspecified atom stereocenters. The molecule has 68 valence electrons. The largest absolute Gasteiger partial charge is 0.368 e. The number of ether oxygens (including phenoxy) is 1. The Hall–Kier alpha value is -1.60. The maximum atomic E-state index is 5.75. The van der Waals surface area contributed by atoms with Crippen LogP contribution in [0.1, 0.15) is 0 Å². The number of guanidine groups is 1. The van der Waals surface area contributed by atoms with Crippen LogP contribution in [0.2, 0.25) is 0 Å². The first-order valence-corrected chi connectivity index (χ1v) is 3.55. The molecule has 0 bridgehead atoms. The molecule has 0 fully saturated rings. The Kier molecular flexibility index (Phi) is 1.51. The van der Waals surface area contributed by atoms with Gasteiger partial charge in [0, 0.05) is 7.11 Å². The summed E-state index contributed by atoms with van der Waals surface area (Å²) >= 11 is 0. The molecule has 2 heterocycles. The Morgan fingerprint density at radius 1 is 1.54 bits per heavy atom. The van der Waals surface area contributed by atoms with Gasteiger partial charge >= 0.3 is 0 Å². The summed E-state index contributed by atoms with van der Waals surface area (Å²) in [5.74, 6) is -0.952. The molecule has 0 aliphatic carbocycles. The molecule has 2 rings (SSSR count). The van der Waals surface area contributed by atoms with E-state index in [1.165, 1.54) is 13.4 Å². The summed E-state index contributed by atoms with van der Waals surface area (Å²) in [5, 5.41) is 0. The van der Waals surface area contributed by atoms with Gasteiger partial charge in [-0.2, -0.15) is 9.98 Å². The third-order valence-corrected chi connectivity index (χ3v) is 1.73. The zero-order valence-corrected chi connectivity index (χ0v) is 6.93. The van der Waals surface area contributed by atoms with Gasteiger partial charge in [0.1, 0.15) is 6.34 Å². The molecular weight excluding hydrogens is 172 g/mol. The van der Waals surface area contributed by atoms with Crippen molar-refractivity contribution < 1.29 is 4.74 Å². The van der Waals surface area contributed by atoms with Crippen molar-refractivity contribution in [1.82, 2.24) is 0 Å². The zero-order valence-electron chi connectivity index (χ0n) is 6.93. The molecule has 4 N–H and O–H groups in total. The first-order chi connectivity index (χ1) is 6.15. The van der Waals surface area contributed by atoms with Gasteiger partial charge in [0.05, 0.1) is 0 Å². The van der Waals surface area contributed by atoms with Crippen LogP contribution in [0.3, 0.4) is 0 Å². The van der Waals surface area contributed by atoms with E-state index in [1.54, 1.807) is 0 Å². The fraction of sp³-hybridized carbons (Fsp3) is 0.333. The standard InChI is InChI=1S/C6H8N6O/c1-13-6(8)3-4(10-2-9-3)11-5(7)12-6/h2H,8H2,1H3,(H2,7,12). The molecular formula is C6H8N6O. The van der Waals surface area contributed by atoms with Crippen molar-refractivity contribution in [1.29, 1.82) is 0 Å². The second-order valence-electron chi connectivity index (χ2n) is 2.53. The summed E-state index contributed by atoms with van der Waals surface area (Å²) in [5.41, 5.74) is 11.5. The average Bonchev–Trinajstić information content (AvgIpc) is 2.52. The molecule has 1 atom stereocenters. The van der Waals surface area contributed by atoms with Crippen molar-refractivity contribution in [2.45, 2.75) is 5.85 Å². The van der Waals surface area contributed by atoms with Crippen LogP contribution in [0.4, 0.5) is 0 Å². The van der Waals surface area contributed by atoms with Crippen molar-refractivity contribution >= 4 is 23.8 Å². The fourth-order valence-electron chi connectivity index (χ4n) is 1.09. The summed E-state index contributed by atoms with van der Waals surface area (Å²) in [6.07, 6.45) is 1.34. The lowest BCUT2D eigenvalue weighted by atomic mass is 10.2. The minimum atomic E-state index is -1.35. The molecule has 0 radical (unpaired) electrons. The van der Waals surface area contributed by atoms with Crippen LogP contribution in [0.5, 0.6) is 0 Å². The van der Waals surface area contributed by atoms with E-state index in [2.05, 4.69) is 20.0 Å². The smallest absolute Gasteiger partial charge is 0.265 e. The van der Waals surface area contributed by atoms with Crippen LogP contribution in [0.15, 0.2) is 20.0 Å². The molecule has 2 aliphatic heterocycles. The quantitative estimate of drug-likeness (QED) is 0.476. The van der Waals surface area contributed by atoms with Gasteiger partial charge in [-0.25, -0.2) is 9.98 Å². The summed E-state index contributed by atoms with van der Waals surface area (Å²) in [6.45, 7) is 0. The highest BCUT2D eigenvalue weighted by Gasteiger charge is 2.39. The van der Waals surface area contributed by atoms with E-state index in [-0.39, 0.29) is 5.96 Å². The molecule has 7 nitrogen and oxygen atoms in total. The van der Waals surface area contributed by atoms with Crippen molar-refractivity contribution in [3.63, 3.8) is 0 Å². The van der Waals surface area contributed by atoms with Gasteiger partial charge in [-0.15, -0.1) is 0 Å². The van der Waals surface area contributed by atoms with Crippen LogP contribution in [-0.4, -0.2) is 36.8 Å². The Bertz CT molecular complexity index is 367. The van der Waals surface area contributed by atoms with Gasteiger partial charge in [0.25, 0.3) is 5.85 Å². The Balaban J connectivity index is 2.50. The van der Waals surface area contributed by atoms with Gasteiger partial charge in [-0.05, 0) is 0 Å². The normalized spacial score (nSPS) is 30.8. The summed E-state index contributed by atoms with van der Waals surface area (Å²) in [4.78, 5) is 15.4. The molecule has 0 spiro atoms. The predicted octanol–water partition coefficient (Wildman–Crippen LogP) is -1.54. The number of amidine groups is 1. The monoisotopic (exact) mass is 180 g/mol. The number of methoxy groups -OCH3 is 1. The van der Waals surface area contributed by atoms with Crippen LogP contribution in [-0.2, 0) is 4.74 Å². The SMILES string of the molecule is COC1(N)N=C(N)N=C2N=CN=C21. The molecule has 13 heavy (non-hydrogen) atoms. The van der Waals surface area contributed by atoms with Crippen LogP contribution < -0.4 is 11.5 Å². The van der Waals surface area contributed by atoms with Crippen LogP contribution in [0.25, 0.3) is 0 Å². The first-order valence-electron chi connectivity index (χ1n) is 3.55. The number of nitrogens with zero attached hydrogens (tertiary/aromatic N) is 4. The van der Waals surface area contributed by atoms with E-state index in [0.29, 0.717) is 11.5 Å². The molecule has 0 saturated heterocycles.